The number of ether oxygens (including phenoxy) is 1. The summed E-state index contributed by atoms with van der Waals surface area (Å²) in [4.78, 5) is 0. The Morgan fingerprint density at radius 2 is 2.07 bits per heavy atom. The van der Waals surface area contributed by atoms with Crippen LogP contribution in [0.3, 0.4) is 0 Å². The largest absolute Gasteiger partial charge is 0.504 e. The lowest BCUT2D eigenvalue weighted by molar-refractivity contribution is -0.0512. The molecule has 0 heterocycles. The number of nitrogens with two attached hydrogens (primary N) is 2. The minimum Gasteiger partial charge on any atom is -0.504 e. The molecule has 0 unspecified atom stereocenters. The molecule has 1 aromatic rings. The average Bonchev–Trinajstić information content (AvgIpc) is 2.19. The molecular formula is C9H12F2N2O2. The lowest BCUT2D eigenvalue weighted by atomic mass is 10.1. The summed E-state index contributed by atoms with van der Waals surface area (Å²) in [7, 11) is 0. The summed E-state index contributed by atoms with van der Waals surface area (Å²) in [5.41, 5.74) is 11.5. The van der Waals surface area contributed by atoms with Crippen LogP contribution in [0.5, 0.6) is 11.5 Å². The molecule has 84 valence electrons. The van der Waals surface area contributed by atoms with Crippen molar-refractivity contribution in [3.8, 4) is 11.5 Å². The molecule has 4 nitrogen and oxygen atoms in total. The Morgan fingerprint density at radius 3 is 2.53 bits per heavy atom. The van der Waals surface area contributed by atoms with Crippen LogP contribution in [0.1, 0.15) is 11.6 Å². The molecule has 0 aromatic heterocycles. The molecular weight excluding hydrogens is 206 g/mol. The van der Waals surface area contributed by atoms with Gasteiger partial charge in [-0.15, -0.1) is 0 Å². The van der Waals surface area contributed by atoms with Crippen LogP contribution in [0.15, 0.2) is 18.2 Å². The zero-order valence-corrected chi connectivity index (χ0v) is 7.86. The number of aromatic hydroxyl groups is 1. The standard InChI is InChI=1S/C9H12F2N2O2/c10-9(11)15-8-2-1-5(3-7(8)14)6(13)4-12/h1-3,6,9,14H,4,12-13H2/t6-/m1/s1. The molecule has 0 saturated heterocycles. The van der Waals surface area contributed by atoms with E-state index in [4.69, 9.17) is 11.5 Å². The SMILES string of the molecule is NC[C@@H](N)c1ccc(OC(F)F)c(O)c1. The Balaban J connectivity index is 2.88. The van der Waals surface area contributed by atoms with E-state index in [2.05, 4.69) is 4.74 Å². The van der Waals surface area contributed by atoms with E-state index in [1.165, 1.54) is 18.2 Å². The van der Waals surface area contributed by atoms with Gasteiger partial charge in [0.15, 0.2) is 11.5 Å². The van der Waals surface area contributed by atoms with E-state index in [1.807, 2.05) is 0 Å². The molecule has 0 radical (unpaired) electrons. The third kappa shape index (κ3) is 3.03. The maximum Gasteiger partial charge on any atom is 0.387 e. The summed E-state index contributed by atoms with van der Waals surface area (Å²) in [6.45, 7) is -2.76. The van der Waals surface area contributed by atoms with Crippen molar-refractivity contribution in [3.63, 3.8) is 0 Å². The minimum atomic E-state index is -2.97. The maximum atomic E-state index is 11.8. The maximum absolute atomic E-state index is 11.8. The van der Waals surface area contributed by atoms with E-state index in [9.17, 15) is 13.9 Å². The van der Waals surface area contributed by atoms with Crippen molar-refractivity contribution in [2.75, 3.05) is 6.54 Å². The number of rotatable bonds is 4. The first-order valence-electron chi connectivity index (χ1n) is 4.28. The van der Waals surface area contributed by atoms with E-state index in [0.29, 0.717) is 5.56 Å². The topological polar surface area (TPSA) is 81.5 Å². The van der Waals surface area contributed by atoms with Gasteiger partial charge in [-0.05, 0) is 17.7 Å². The van der Waals surface area contributed by atoms with Crippen LogP contribution in [0.25, 0.3) is 0 Å². The predicted octanol–water partition coefficient (Wildman–Crippen LogP) is 0.952. The fourth-order valence-electron chi connectivity index (χ4n) is 1.10. The molecule has 1 rings (SSSR count). The van der Waals surface area contributed by atoms with E-state index < -0.39 is 12.7 Å². The predicted molar refractivity (Wildman–Crippen MR) is 50.7 cm³/mol. The zero-order chi connectivity index (χ0) is 11.4. The molecule has 0 aliphatic carbocycles. The molecule has 6 heteroatoms. The molecule has 1 atom stereocenters. The summed E-state index contributed by atoms with van der Waals surface area (Å²) in [6, 6.07) is 3.53. The first kappa shape index (κ1) is 11.7. The van der Waals surface area contributed by atoms with Gasteiger partial charge in [0.1, 0.15) is 0 Å². The van der Waals surface area contributed by atoms with Gasteiger partial charge in [0.25, 0.3) is 0 Å². The van der Waals surface area contributed by atoms with Crippen molar-refractivity contribution < 1.29 is 18.6 Å². The van der Waals surface area contributed by atoms with Gasteiger partial charge >= 0.3 is 6.61 Å². The van der Waals surface area contributed by atoms with Gasteiger partial charge in [0, 0.05) is 12.6 Å². The number of hydrogen-bond acceptors (Lipinski definition) is 4. The Bertz CT molecular complexity index is 334. The summed E-state index contributed by atoms with van der Waals surface area (Å²) in [5, 5.41) is 9.33. The number of phenols is 1. The summed E-state index contributed by atoms with van der Waals surface area (Å²) < 4.78 is 27.8. The Kier molecular flexibility index (Phi) is 3.81. The molecule has 5 N–H and O–H groups in total. The molecule has 0 spiro atoms. The quantitative estimate of drug-likeness (QED) is 0.702. The second kappa shape index (κ2) is 4.90. The van der Waals surface area contributed by atoms with Crippen LogP contribution < -0.4 is 16.2 Å². The number of phenolic OH excluding ortho intramolecular Hbond substituents is 1. The second-order valence-electron chi connectivity index (χ2n) is 2.95. The van der Waals surface area contributed by atoms with Crippen LogP contribution in [0, 0.1) is 0 Å². The molecule has 0 aliphatic rings. The van der Waals surface area contributed by atoms with Crippen molar-refractivity contribution in [2.24, 2.45) is 11.5 Å². The summed E-state index contributed by atoms with van der Waals surface area (Å²) >= 11 is 0. The highest BCUT2D eigenvalue weighted by Gasteiger charge is 2.11. The summed E-state index contributed by atoms with van der Waals surface area (Å²) in [6.07, 6.45) is 0. The summed E-state index contributed by atoms with van der Waals surface area (Å²) in [5.74, 6) is -0.658. The average molecular weight is 218 g/mol. The van der Waals surface area contributed by atoms with Crippen molar-refractivity contribution in [1.29, 1.82) is 0 Å². The van der Waals surface area contributed by atoms with E-state index in [0.717, 1.165) is 0 Å². The second-order valence-corrected chi connectivity index (χ2v) is 2.95. The Morgan fingerprint density at radius 1 is 1.40 bits per heavy atom. The van der Waals surface area contributed by atoms with Crippen LogP contribution in [-0.2, 0) is 0 Å². The van der Waals surface area contributed by atoms with Crippen LogP contribution in [0.2, 0.25) is 0 Å². The van der Waals surface area contributed by atoms with Gasteiger partial charge in [0.05, 0.1) is 0 Å². The fourth-order valence-corrected chi connectivity index (χ4v) is 1.10. The molecule has 0 saturated carbocycles. The number of alkyl halides is 2. The molecule has 0 amide bonds. The number of hydrogen-bond donors (Lipinski definition) is 3. The first-order chi connectivity index (χ1) is 7.04. The van der Waals surface area contributed by atoms with Gasteiger partial charge in [-0.3, -0.25) is 0 Å². The first-order valence-corrected chi connectivity index (χ1v) is 4.28. The highest BCUT2D eigenvalue weighted by atomic mass is 19.3. The molecule has 1 aromatic carbocycles. The van der Waals surface area contributed by atoms with Crippen LogP contribution in [-0.4, -0.2) is 18.3 Å². The molecule has 0 bridgehead atoms. The van der Waals surface area contributed by atoms with Crippen LogP contribution >= 0.6 is 0 Å². The monoisotopic (exact) mass is 218 g/mol. The van der Waals surface area contributed by atoms with Crippen molar-refractivity contribution in [1.82, 2.24) is 0 Å². The Labute approximate surface area is 85.4 Å². The van der Waals surface area contributed by atoms with Crippen molar-refractivity contribution in [3.05, 3.63) is 23.8 Å². The fraction of sp³-hybridized carbons (Fsp3) is 0.333. The van der Waals surface area contributed by atoms with Gasteiger partial charge in [-0.2, -0.15) is 8.78 Å². The van der Waals surface area contributed by atoms with Gasteiger partial charge in [0.2, 0.25) is 0 Å². The molecule has 0 aliphatic heterocycles. The third-order valence-electron chi connectivity index (χ3n) is 1.88. The Hall–Kier alpha value is -1.40. The van der Waals surface area contributed by atoms with Crippen molar-refractivity contribution in [2.45, 2.75) is 12.7 Å². The number of halogens is 2. The molecule has 15 heavy (non-hydrogen) atoms. The van der Waals surface area contributed by atoms with Crippen molar-refractivity contribution >= 4 is 0 Å². The van der Waals surface area contributed by atoms with Gasteiger partial charge < -0.3 is 21.3 Å². The van der Waals surface area contributed by atoms with E-state index >= 15 is 0 Å². The van der Waals surface area contributed by atoms with E-state index in [-0.39, 0.29) is 18.0 Å². The normalized spacial score (nSPS) is 12.9. The smallest absolute Gasteiger partial charge is 0.387 e. The van der Waals surface area contributed by atoms with Crippen LogP contribution in [0.4, 0.5) is 8.78 Å². The molecule has 0 fully saturated rings. The lowest BCUT2D eigenvalue weighted by Gasteiger charge is -2.12. The van der Waals surface area contributed by atoms with E-state index in [1.54, 1.807) is 0 Å². The third-order valence-corrected chi connectivity index (χ3v) is 1.88. The highest BCUT2D eigenvalue weighted by molar-refractivity contribution is 5.42. The van der Waals surface area contributed by atoms with Gasteiger partial charge in [-0.25, -0.2) is 0 Å². The highest BCUT2D eigenvalue weighted by Crippen LogP contribution is 2.29. The zero-order valence-electron chi connectivity index (χ0n) is 7.86. The minimum absolute atomic E-state index is 0.203. The lowest BCUT2D eigenvalue weighted by Crippen LogP contribution is -2.20. The van der Waals surface area contributed by atoms with Gasteiger partial charge in [-0.1, -0.05) is 6.07 Å². The number of benzene rings is 1.